The van der Waals surface area contributed by atoms with Crippen LogP contribution in [0.1, 0.15) is 37.2 Å². The van der Waals surface area contributed by atoms with Gasteiger partial charge in [-0.25, -0.2) is 14.6 Å². The van der Waals surface area contributed by atoms with E-state index in [1.807, 2.05) is 35.0 Å². The number of amides is 1. The molecule has 2 N–H and O–H groups in total. The number of pyridine rings is 1. The van der Waals surface area contributed by atoms with Crippen LogP contribution < -0.4 is 5.73 Å². The highest BCUT2D eigenvalue weighted by Crippen LogP contribution is 2.29. The predicted octanol–water partition coefficient (Wildman–Crippen LogP) is 2.16. The summed E-state index contributed by atoms with van der Waals surface area (Å²) in [6, 6.07) is 5.70. The number of nitrogen functional groups attached to an aromatic ring is 1. The van der Waals surface area contributed by atoms with Crippen LogP contribution in [0.4, 0.5) is 5.82 Å². The fraction of sp³-hybridized carbons (Fsp3) is 0.286. The van der Waals surface area contributed by atoms with Crippen molar-refractivity contribution in [2.45, 2.75) is 25.8 Å². The average Bonchev–Trinajstić information content (AvgIpc) is 3.13. The summed E-state index contributed by atoms with van der Waals surface area (Å²) in [5.74, 6) is 5.52. The molecular weight excluding hydrogens is 366 g/mol. The lowest BCUT2D eigenvalue weighted by molar-refractivity contribution is -0.126. The topological polar surface area (TPSA) is 103 Å². The van der Waals surface area contributed by atoms with Crippen molar-refractivity contribution in [3.63, 3.8) is 0 Å². The van der Waals surface area contributed by atoms with Crippen molar-refractivity contribution < 1.29 is 4.79 Å². The summed E-state index contributed by atoms with van der Waals surface area (Å²) >= 11 is 0. The second-order valence-corrected chi connectivity index (χ2v) is 6.80. The molecule has 0 unspecified atom stereocenters. The molecule has 1 aliphatic rings. The molecule has 1 fully saturated rings. The molecule has 0 bridgehead atoms. The first-order valence-electron chi connectivity index (χ1n) is 9.47. The van der Waals surface area contributed by atoms with Crippen LogP contribution in [0.25, 0.3) is 23.2 Å². The Kier molecular flexibility index (Phi) is 5.20. The Labute approximate surface area is 168 Å². The van der Waals surface area contributed by atoms with Crippen LogP contribution in [-0.2, 0) is 4.79 Å². The number of likely N-dealkylation sites (tertiary alicyclic amines) is 1. The van der Waals surface area contributed by atoms with E-state index in [2.05, 4.69) is 26.8 Å². The first-order chi connectivity index (χ1) is 14.2. The van der Waals surface area contributed by atoms with Gasteiger partial charge in [-0.3, -0.25) is 9.78 Å². The van der Waals surface area contributed by atoms with Crippen molar-refractivity contribution in [1.29, 1.82) is 0 Å². The van der Waals surface area contributed by atoms with Crippen LogP contribution in [0.2, 0.25) is 0 Å². The zero-order valence-corrected chi connectivity index (χ0v) is 16.1. The quantitative estimate of drug-likeness (QED) is 0.691. The second kappa shape index (κ2) is 8.10. The molecule has 4 heterocycles. The van der Waals surface area contributed by atoms with Gasteiger partial charge in [0.25, 0.3) is 5.91 Å². The summed E-state index contributed by atoms with van der Waals surface area (Å²) in [5, 5.41) is 5.48. The molecule has 0 radical (unpaired) electrons. The van der Waals surface area contributed by atoms with Crippen LogP contribution in [0.15, 0.2) is 30.7 Å². The van der Waals surface area contributed by atoms with E-state index in [1.165, 1.54) is 6.33 Å². The van der Waals surface area contributed by atoms with Crippen molar-refractivity contribution in [3.8, 4) is 11.8 Å². The number of fused-ring (bicyclic) bond motifs is 1. The van der Waals surface area contributed by atoms with Crippen LogP contribution in [-0.4, -0.2) is 48.6 Å². The van der Waals surface area contributed by atoms with E-state index < -0.39 is 0 Å². The van der Waals surface area contributed by atoms with Gasteiger partial charge in [0.15, 0.2) is 5.65 Å². The molecule has 1 atom stereocenters. The van der Waals surface area contributed by atoms with E-state index in [1.54, 1.807) is 18.0 Å². The second-order valence-electron chi connectivity index (χ2n) is 6.80. The molecule has 1 aliphatic heterocycles. The molecular formula is C21H21N7O. The summed E-state index contributed by atoms with van der Waals surface area (Å²) in [6.45, 7) is 2.91. The van der Waals surface area contributed by atoms with E-state index >= 15 is 0 Å². The molecule has 29 heavy (non-hydrogen) atoms. The van der Waals surface area contributed by atoms with Crippen molar-refractivity contribution in [2.75, 3.05) is 18.8 Å². The van der Waals surface area contributed by atoms with Crippen LogP contribution >= 0.6 is 0 Å². The van der Waals surface area contributed by atoms with E-state index in [9.17, 15) is 4.79 Å². The Hall–Kier alpha value is -3.73. The summed E-state index contributed by atoms with van der Waals surface area (Å²) in [4.78, 5) is 26.8. The number of carbonyl (C=O) groups is 1. The Morgan fingerprint density at radius 3 is 2.97 bits per heavy atom. The lowest BCUT2D eigenvalue weighted by Gasteiger charge is -2.31. The third-order valence-corrected chi connectivity index (χ3v) is 4.91. The predicted molar refractivity (Wildman–Crippen MR) is 111 cm³/mol. The lowest BCUT2D eigenvalue weighted by atomic mass is 10.1. The van der Waals surface area contributed by atoms with E-state index in [4.69, 9.17) is 10.8 Å². The SMILES string of the molecule is CC#CC(=O)N1CCC[C@@H](n2nc(/C=C/c3ccccn3)c3c(N)ncnc32)C1. The number of carbonyl (C=O) groups excluding carboxylic acids is 1. The average molecular weight is 387 g/mol. The zero-order chi connectivity index (χ0) is 20.2. The Bertz CT molecular complexity index is 1120. The van der Waals surface area contributed by atoms with Gasteiger partial charge in [-0.05, 0) is 50.0 Å². The van der Waals surface area contributed by atoms with Gasteiger partial charge in [-0.1, -0.05) is 12.0 Å². The third-order valence-electron chi connectivity index (χ3n) is 4.91. The summed E-state index contributed by atoms with van der Waals surface area (Å²) in [6.07, 6.45) is 8.70. The Morgan fingerprint density at radius 2 is 2.17 bits per heavy atom. The Balaban J connectivity index is 1.71. The molecule has 1 saturated heterocycles. The van der Waals surface area contributed by atoms with Gasteiger partial charge in [0, 0.05) is 19.3 Å². The number of aromatic nitrogens is 5. The fourth-order valence-corrected chi connectivity index (χ4v) is 3.56. The molecule has 8 nitrogen and oxygen atoms in total. The first-order valence-corrected chi connectivity index (χ1v) is 9.47. The number of rotatable bonds is 3. The van der Waals surface area contributed by atoms with E-state index in [-0.39, 0.29) is 11.9 Å². The molecule has 1 amide bonds. The van der Waals surface area contributed by atoms with Gasteiger partial charge in [0.2, 0.25) is 0 Å². The molecule has 8 heteroatoms. The van der Waals surface area contributed by atoms with Crippen LogP contribution in [0.5, 0.6) is 0 Å². The highest BCUT2D eigenvalue weighted by molar-refractivity contribution is 5.95. The number of hydrogen-bond acceptors (Lipinski definition) is 6. The van der Waals surface area contributed by atoms with E-state index in [0.717, 1.165) is 18.5 Å². The monoisotopic (exact) mass is 387 g/mol. The normalized spacial score (nSPS) is 16.7. The lowest BCUT2D eigenvalue weighted by Crippen LogP contribution is -2.40. The maximum Gasteiger partial charge on any atom is 0.298 e. The largest absolute Gasteiger partial charge is 0.383 e. The zero-order valence-electron chi connectivity index (χ0n) is 16.1. The summed E-state index contributed by atoms with van der Waals surface area (Å²) in [5.41, 5.74) is 8.31. The van der Waals surface area contributed by atoms with Crippen molar-refractivity contribution in [1.82, 2.24) is 29.6 Å². The first kappa shape index (κ1) is 18.6. The van der Waals surface area contributed by atoms with Gasteiger partial charge in [-0.2, -0.15) is 5.10 Å². The van der Waals surface area contributed by atoms with Crippen LogP contribution in [0.3, 0.4) is 0 Å². The molecule has 0 aromatic carbocycles. The minimum Gasteiger partial charge on any atom is -0.383 e. The van der Waals surface area contributed by atoms with Crippen molar-refractivity contribution >= 4 is 34.9 Å². The van der Waals surface area contributed by atoms with Crippen molar-refractivity contribution in [2.24, 2.45) is 0 Å². The maximum atomic E-state index is 12.2. The minimum absolute atomic E-state index is 0.000145. The molecule has 4 rings (SSSR count). The molecule has 146 valence electrons. The molecule has 0 aliphatic carbocycles. The maximum absolute atomic E-state index is 12.2. The van der Waals surface area contributed by atoms with Gasteiger partial charge >= 0.3 is 0 Å². The summed E-state index contributed by atoms with van der Waals surface area (Å²) < 4.78 is 1.87. The smallest absolute Gasteiger partial charge is 0.298 e. The molecule has 3 aromatic heterocycles. The van der Waals surface area contributed by atoms with Gasteiger partial charge in [-0.15, -0.1) is 0 Å². The number of nitrogens with two attached hydrogens (primary N) is 1. The number of anilines is 1. The minimum atomic E-state index is -0.155. The van der Waals surface area contributed by atoms with Gasteiger partial charge < -0.3 is 10.6 Å². The van der Waals surface area contributed by atoms with Gasteiger partial charge in [0.05, 0.1) is 22.8 Å². The van der Waals surface area contributed by atoms with E-state index in [0.29, 0.717) is 35.6 Å². The Morgan fingerprint density at radius 1 is 1.28 bits per heavy atom. The number of nitrogens with zero attached hydrogens (tertiary/aromatic N) is 6. The highest BCUT2D eigenvalue weighted by Gasteiger charge is 2.27. The molecule has 0 saturated carbocycles. The number of piperidine rings is 1. The van der Waals surface area contributed by atoms with Gasteiger partial charge in [0.1, 0.15) is 12.1 Å². The number of hydrogen-bond donors (Lipinski definition) is 1. The highest BCUT2D eigenvalue weighted by atomic mass is 16.2. The third kappa shape index (κ3) is 3.80. The molecule has 0 spiro atoms. The fourth-order valence-electron chi connectivity index (χ4n) is 3.56. The molecule has 3 aromatic rings. The summed E-state index contributed by atoms with van der Waals surface area (Å²) in [7, 11) is 0. The van der Waals surface area contributed by atoms with Crippen molar-refractivity contribution in [3.05, 3.63) is 42.1 Å². The van der Waals surface area contributed by atoms with Crippen LogP contribution in [0, 0.1) is 11.8 Å². The standard InChI is InChI=1S/C21H21N7O/c1-2-6-18(29)27-12-5-8-16(13-27)28-21-19(20(22)24-14-25-21)17(26-28)10-9-15-7-3-4-11-23-15/h3-4,7,9-11,14,16H,5,8,12-13H2,1H3,(H2,22,24,25)/b10-9+/t16-/m1/s1.